The van der Waals surface area contributed by atoms with Crippen LogP contribution in [0.25, 0.3) is 10.9 Å². The van der Waals surface area contributed by atoms with Gasteiger partial charge in [-0.2, -0.15) is 0 Å². The van der Waals surface area contributed by atoms with Gasteiger partial charge in [0.15, 0.2) is 0 Å². The smallest absolute Gasteiger partial charge is 0.335 e. The number of aromatic carboxylic acids is 1. The number of nitrogens with zero attached hydrogens (tertiary/aromatic N) is 2. The average Bonchev–Trinajstić information content (AvgIpc) is 2.76. The van der Waals surface area contributed by atoms with Crippen LogP contribution in [0.5, 0.6) is 0 Å². The Bertz CT molecular complexity index is 639. The lowest BCUT2D eigenvalue weighted by Gasteiger charge is -2.26. The molecule has 0 radical (unpaired) electrons. The van der Waals surface area contributed by atoms with E-state index in [9.17, 15) is 4.79 Å². The number of aryl methyl sites for hydroxylation is 1. The molecule has 0 spiro atoms. The molecule has 2 heterocycles. The van der Waals surface area contributed by atoms with Crippen molar-refractivity contribution in [3.63, 3.8) is 0 Å². The number of carbonyl (C=O) groups is 1. The number of fused-ring (bicyclic) bond motifs is 1. The number of rotatable bonds is 3. The van der Waals surface area contributed by atoms with Gasteiger partial charge in [0.1, 0.15) is 0 Å². The standard InChI is InChI=1S/C16H20N2O2/c1-17-10-13(11-18-7-3-2-4-8-18)14-9-12(16(19)20)5-6-15(14)17/h5-6,9-10H,2-4,7-8,11H2,1H3,(H,19,20). The highest BCUT2D eigenvalue weighted by atomic mass is 16.4. The van der Waals surface area contributed by atoms with Gasteiger partial charge in [-0.05, 0) is 49.7 Å². The number of hydrogen-bond acceptors (Lipinski definition) is 2. The molecule has 4 nitrogen and oxygen atoms in total. The summed E-state index contributed by atoms with van der Waals surface area (Å²) in [5.41, 5.74) is 2.69. The lowest BCUT2D eigenvalue weighted by Crippen LogP contribution is -2.28. The predicted octanol–water partition coefficient (Wildman–Crippen LogP) is 2.86. The summed E-state index contributed by atoms with van der Waals surface area (Å²) in [6.07, 6.45) is 6.00. The summed E-state index contributed by atoms with van der Waals surface area (Å²) >= 11 is 0. The number of hydrogen-bond donors (Lipinski definition) is 1. The largest absolute Gasteiger partial charge is 0.478 e. The fraction of sp³-hybridized carbons (Fsp3) is 0.438. The SMILES string of the molecule is Cn1cc(CN2CCCCC2)c2cc(C(=O)O)ccc21. The van der Waals surface area contributed by atoms with Crippen molar-refractivity contribution in [1.29, 1.82) is 0 Å². The second kappa shape index (κ2) is 5.29. The molecule has 20 heavy (non-hydrogen) atoms. The van der Waals surface area contributed by atoms with Gasteiger partial charge in [0, 0.05) is 30.7 Å². The van der Waals surface area contributed by atoms with Crippen molar-refractivity contribution in [2.75, 3.05) is 13.1 Å². The number of likely N-dealkylation sites (tertiary alicyclic amines) is 1. The van der Waals surface area contributed by atoms with Crippen LogP contribution in [0.3, 0.4) is 0 Å². The third kappa shape index (κ3) is 2.43. The predicted molar refractivity (Wildman–Crippen MR) is 79.0 cm³/mol. The third-order valence-corrected chi connectivity index (χ3v) is 4.16. The van der Waals surface area contributed by atoms with E-state index in [-0.39, 0.29) is 0 Å². The van der Waals surface area contributed by atoms with Crippen molar-refractivity contribution in [2.24, 2.45) is 7.05 Å². The summed E-state index contributed by atoms with van der Waals surface area (Å²) in [6, 6.07) is 5.38. The minimum atomic E-state index is -0.861. The first kappa shape index (κ1) is 13.2. The molecule has 0 atom stereocenters. The molecule has 1 N–H and O–H groups in total. The van der Waals surface area contributed by atoms with Crippen LogP contribution in [0.4, 0.5) is 0 Å². The van der Waals surface area contributed by atoms with Gasteiger partial charge in [0.05, 0.1) is 5.56 Å². The summed E-state index contributed by atoms with van der Waals surface area (Å²) < 4.78 is 2.08. The molecule has 4 heteroatoms. The Labute approximate surface area is 118 Å². The summed E-state index contributed by atoms with van der Waals surface area (Å²) in [7, 11) is 2.02. The van der Waals surface area contributed by atoms with Gasteiger partial charge in [-0.1, -0.05) is 6.42 Å². The summed E-state index contributed by atoms with van der Waals surface area (Å²) in [5, 5.41) is 10.2. The maximum absolute atomic E-state index is 11.1. The van der Waals surface area contributed by atoms with Crippen LogP contribution < -0.4 is 0 Å². The normalized spacial score (nSPS) is 16.6. The van der Waals surface area contributed by atoms with Crippen LogP contribution in [0, 0.1) is 0 Å². The van der Waals surface area contributed by atoms with Crippen LogP contribution in [0.2, 0.25) is 0 Å². The molecule has 2 aromatic rings. The molecule has 1 aliphatic rings. The molecule has 1 aliphatic heterocycles. The van der Waals surface area contributed by atoms with E-state index in [1.165, 1.54) is 24.8 Å². The maximum atomic E-state index is 11.1. The number of carboxylic acids is 1. The maximum Gasteiger partial charge on any atom is 0.335 e. The van der Waals surface area contributed by atoms with Crippen molar-refractivity contribution in [3.8, 4) is 0 Å². The summed E-state index contributed by atoms with van der Waals surface area (Å²) in [4.78, 5) is 13.6. The van der Waals surface area contributed by atoms with Gasteiger partial charge >= 0.3 is 5.97 Å². The van der Waals surface area contributed by atoms with E-state index in [1.54, 1.807) is 12.1 Å². The van der Waals surface area contributed by atoms with Crippen LogP contribution in [0.1, 0.15) is 35.2 Å². The van der Waals surface area contributed by atoms with Crippen molar-refractivity contribution in [1.82, 2.24) is 9.47 Å². The Kier molecular flexibility index (Phi) is 3.49. The third-order valence-electron chi connectivity index (χ3n) is 4.16. The zero-order valence-corrected chi connectivity index (χ0v) is 11.8. The van der Waals surface area contributed by atoms with Gasteiger partial charge in [-0.25, -0.2) is 4.79 Å². The summed E-state index contributed by atoms with van der Waals surface area (Å²) in [5.74, 6) is -0.861. The Balaban J connectivity index is 1.96. The Morgan fingerprint density at radius 2 is 2.00 bits per heavy atom. The van der Waals surface area contributed by atoms with E-state index < -0.39 is 5.97 Å². The zero-order chi connectivity index (χ0) is 14.1. The molecule has 0 saturated carbocycles. The minimum Gasteiger partial charge on any atom is -0.478 e. The number of carboxylic acid groups (broad SMARTS) is 1. The van der Waals surface area contributed by atoms with Crippen molar-refractivity contribution < 1.29 is 9.90 Å². The van der Waals surface area contributed by atoms with Gasteiger partial charge in [0.25, 0.3) is 0 Å². The van der Waals surface area contributed by atoms with Crippen molar-refractivity contribution in [2.45, 2.75) is 25.8 Å². The summed E-state index contributed by atoms with van der Waals surface area (Å²) in [6.45, 7) is 3.21. The Morgan fingerprint density at radius 1 is 1.25 bits per heavy atom. The van der Waals surface area contributed by atoms with E-state index in [0.29, 0.717) is 5.56 Å². The van der Waals surface area contributed by atoms with Gasteiger partial charge in [0.2, 0.25) is 0 Å². The lowest BCUT2D eigenvalue weighted by molar-refractivity contribution is 0.0697. The molecule has 106 valence electrons. The second-order valence-corrected chi connectivity index (χ2v) is 5.64. The second-order valence-electron chi connectivity index (χ2n) is 5.64. The van der Waals surface area contributed by atoms with E-state index in [4.69, 9.17) is 5.11 Å². The molecule has 0 aliphatic carbocycles. The molecule has 1 fully saturated rings. The fourth-order valence-electron chi connectivity index (χ4n) is 3.09. The van der Waals surface area contributed by atoms with Crippen LogP contribution in [0.15, 0.2) is 24.4 Å². The number of benzene rings is 1. The Hall–Kier alpha value is -1.81. The minimum absolute atomic E-state index is 0.364. The first-order valence-electron chi connectivity index (χ1n) is 7.19. The van der Waals surface area contributed by atoms with E-state index in [0.717, 1.165) is 30.5 Å². The number of aromatic nitrogens is 1. The van der Waals surface area contributed by atoms with E-state index in [1.807, 2.05) is 13.1 Å². The first-order valence-corrected chi connectivity index (χ1v) is 7.19. The highest BCUT2D eigenvalue weighted by Crippen LogP contribution is 2.24. The molecular weight excluding hydrogens is 252 g/mol. The molecule has 0 unspecified atom stereocenters. The number of piperidine rings is 1. The van der Waals surface area contributed by atoms with Crippen LogP contribution in [-0.4, -0.2) is 33.6 Å². The first-order chi connectivity index (χ1) is 9.65. The van der Waals surface area contributed by atoms with Gasteiger partial charge in [-0.3, -0.25) is 4.90 Å². The molecule has 1 aromatic carbocycles. The van der Waals surface area contributed by atoms with Crippen LogP contribution in [-0.2, 0) is 13.6 Å². The Morgan fingerprint density at radius 3 is 2.70 bits per heavy atom. The van der Waals surface area contributed by atoms with Gasteiger partial charge < -0.3 is 9.67 Å². The molecule has 0 amide bonds. The van der Waals surface area contributed by atoms with E-state index >= 15 is 0 Å². The van der Waals surface area contributed by atoms with E-state index in [2.05, 4.69) is 15.7 Å². The topological polar surface area (TPSA) is 45.5 Å². The molecule has 1 aromatic heterocycles. The fourth-order valence-corrected chi connectivity index (χ4v) is 3.09. The highest BCUT2D eigenvalue weighted by Gasteiger charge is 2.15. The molecular formula is C16H20N2O2. The highest BCUT2D eigenvalue weighted by molar-refractivity contribution is 5.94. The molecule has 3 rings (SSSR count). The van der Waals surface area contributed by atoms with Crippen molar-refractivity contribution >= 4 is 16.9 Å². The zero-order valence-electron chi connectivity index (χ0n) is 11.8. The lowest BCUT2D eigenvalue weighted by atomic mass is 10.1. The van der Waals surface area contributed by atoms with Gasteiger partial charge in [-0.15, -0.1) is 0 Å². The van der Waals surface area contributed by atoms with Crippen molar-refractivity contribution in [3.05, 3.63) is 35.5 Å². The average molecular weight is 272 g/mol. The van der Waals surface area contributed by atoms with Crippen LogP contribution >= 0.6 is 0 Å². The molecule has 1 saturated heterocycles. The quantitative estimate of drug-likeness (QED) is 0.934. The monoisotopic (exact) mass is 272 g/mol. The molecule has 0 bridgehead atoms.